The Kier molecular flexibility index (Phi) is 3.56. The van der Waals surface area contributed by atoms with Crippen LogP contribution in [0.1, 0.15) is 12.5 Å². The van der Waals surface area contributed by atoms with E-state index in [1.54, 1.807) is 0 Å². The van der Waals surface area contributed by atoms with Crippen LogP contribution in [0.5, 0.6) is 0 Å². The van der Waals surface area contributed by atoms with Crippen molar-refractivity contribution in [2.45, 2.75) is 19.4 Å². The Hall–Kier alpha value is -0.0500. The van der Waals surface area contributed by atoms with Crippen molar-refractivity contribution in [1.82, 2.24) is 0 Å². The lowest BCUT2D eigenvalue weighted by Gasteiger charge is -2.08. The van der Waals surface area contributed by atoms with Crippen LogP contribution in [0.4, 0.5) is 0 Å². The summed E-state index contributed by atoms with van der Waals surface area (Å²) in [6.45, 7) is 1.97. The van der Waals surface area contributed by atoms with Crippen molar-refractivity contribution in [3.8, 4) is 0 Å². The molecule has 1 rings (SSSR count). The smallest absolute Gasteiger partial charge is 0.0449 e. The molecule has 1 aromatic rings. The third kappa shape index (κ3) is 2.47. The van der Waals surface area contributed by atoms with Crippen LogP contribution in [0.2, 0.25) is 5.02 Å². The average molecular weight is 249 g/mol. The first kappa shape index (κ1) is 10.0. The normalized spacial score (nSPS) is 13.0. The lowest BCUT2D eigenvalue weighted by Crippen LogP contribution is -2.18. The second kappa shape index (κ2) is 4.26. The SMILES string of the molecule is C[C@@H](N)Cc1c(Cl)cccc1Br. The summed E-state index contributed by atoms with van der Waals surface area (Å²) in [5, 5.41) is 0.779. The van der Waals surface area contributed by atoms with E-state index in [4.69, 9.17) is 17.3 Å². The molecule has 0 aromatic heterocycles. The molecule has 66 valence electrons. The lowest BCUT2D eigenvalue weighted by atomic mass is 10.1. The topological polar surface area (TPSA) is 26.0 Å². The van der Waals surface area contributed by atoms with Crippen LogP contribution in [-0.4, -0.2) is 6.04 Å². The van der Waals surface area contributed by atoms with Crippen LogP contribution in [0, 0.1) is 0 Å². The average Bonchev–Trinajstić information content (AvgIpc) is 1.97. The highest BCUT2D eigenvalue weighted by molar-refractivity contribution is 9.10. The summed E-state index contributed by atoms with van der Waals surface area (Å²) in [6, 6.07) is 5.91. The van der Waals surface area contributed by atoms with Gasteiger partial charge in [0.2, 0.25) is 0 Å². The Balaban J connectivity index is 2.96. The highest BCUT2D eigenvalue weighted by Gasteiger charge is 2.06. The Morgan fingerprint density at radius 2 is 2.25 bits per heavy atom. The summed E-state index contributed by atoms with van der Waals surface area (Å²) in [6.07, 6.45) is 0.806. The highest BCUT2D eigenvalue weighted by Crippen LogP contribution is 2.25. The summed E-state index contributed by atoms with van der Waals surface area (Å²) < 4.78 is 1.03. The van der Waals surface area contributed by atoms with Crippen LogP contribution >= 0.6 is 27.5 Å². The van der Waals surface area contributed by atoms with Crippen molar-refractivity contribution in [2.24, 2.45) is 5.73 Å². The maximum Gasteiger partial charge on any atom is 0.0449 e. The number of hydrogen-bond donors (Lipinski definition) is 1. The minimum absolute atomic E-state index is 0.140. The van der Waals surface area contributed by atoms with E-state index < -0.39 is 0 Å². The van der Waals surface area contributed by atoms with E-state index in [-0.39, 0.29) is 6.04 Å². The Morgan fingerprint density at radius 3 is 2.75 bits per heavy atom. The molecule has 0 amide bonds. The number of rotatable bonds is 2. The number of benzene rings is 1. The molecule has 0 saturated heterocycles. The van der Waals surface area contributed by atoms with Gasteiger partial charge in [0.15, 0.2) is 0 Å². The Labute approximate surface area is 86.0 Å². The summed E-state index contributed by atoms with van der Waals surface area (Å²) in [5.74, 6) is 0. The second-order valence-electron chi connectivity index (χ2n) is 2.88. The van der Waals surface area contributed by atoms with Crippen LogP contribution < -0.4 is 5.73 Å². The maximum atomic E-state index is 5.99. The molecule has 3 heteroatoms. The first-order valence-corrected chi connectivity index (χ1v) is 4.97. The molecule has 0 fully saturated rings. The van der Waals surface area contributed by atoms with Crippen LogP contribution in [0.3, 0.4) is 0 Å². The van der Waals surface area contributed by atoms with Crippen molar-refractivity contribution in [3.63, 3.8) is 0 Å². The Morgan fingerprint density at radius 1 is 1.58 bits per heavy atom. The van der Waals surface area contributed by atoms with Gasteiger partial charge in [-0.1, -0.05) is 33.6 Å². The highest BCUT2D eigenvalue weighted by atomic mass is 79.9. The molecule has 1 atom stereocenters. The largest absolute Gasteiger partial charge is 0.328 e. The van der Waals surface area contributed by atoms with Crippen LogP contribution in [0.15, 0.2) is 22.7 Å². The van der Waals surface area contributed by atoms with Crippen molar-refractivity contribution in [3.05, 3.63) is 33.3 Å². The molecule has 0 aliphatic rings. The van der Waals surface area contributed by atoms with Gasteiger partial charge in [-0.05, 0) is 31.0 Å². The fraction of sp³-hybridized carbons (Fsp3) is 0.333. The first-order chi connectivity index (χ1) is 5.61. The molecule has 1 nitrogen and oxygen atoms in total. The molecule has 1 aromatic carbocycles. The molecule has 0 aliphatic carbocycles. The summed E-state index contributed by atoms with van der Waals surface area (Å²) in [5.41, 5.74) is 6.77. The molecule has 0 heterocycles. The molecule has 0 radical (unpaired) electrons. The third-order valence-electron chi connectivity index (χ3n) is 1.59. The quantitative estimate of drug-likeness (QED) is 0.855. The van der Waals surface area contributed by atoms with Gasteiger partial charge >= 0.3 is 0 Å². The van der Waals surface area contributed by atoms with Gasteiger partial charge in [0.1, 0.15) is 0 Å². The van der Waals surface area contributed by atoms with Gasteiger partial charge in [-0.25, -0.2) is 0 Å². The zero-order valence-electron chi connectivity index (χ0n) is 6.85. The zero-order chi connectivity index (χ0) is 9.14. The van der Waals surface area contributed by atoms with Gasteiger partial charge in [0.25, 0.3) is 0 Å². The van der Waals surface area contributed by atoms with E-state index in [2.05, 4.69) is 15.9 Å². The van der Waals surface area contributed by atoms with Crippen molar-refractivity contribution in [1.29, 1.82) is 0 Å². The number of nitrogens with two attached hydrogens (primary N) is 1. The van der Waals surface area contributed by atoms with Gasteiger partial charge in [0, 0.05) is 15.5 Å². The predicted molar refractivity (Wildman–Crippen MR) is 56.5 cm³/mol. The van der Waals surface area contributed by atoms with Gasteiger partial charge in [-0.2, -0.15) is 0 Å². The molecule has 0 saturated carbocycles. The molecule has 12 heavy (non-hydrogen) atoms. The maximum absolute atomic E-state index is 5.99. The second-order valence-corrected chi connectivity index (χ2v) is 4.14. The van der Waals surface area contributed by atoms with Crippen LogP contribution in [0.25, 0.3) is 0 Å². The van der Waals surface area contributed by atoms with E-state index in [0.717, 1.165) is 21.5 Å². The molecule has 0 spiro atoms. The molecule has 0 bridgehead atoms. The predicted octanol–water partition coefficient (Wildman–Crippen LogP) is 2.99. The minimum atomic E-state index is 0.140. The zero-order valence-corrected chi connectivity index (χ0v) is 9.19. The van der Waals surface area contributed by atoms with E-state index >= 15 is 0 Å². The van der Waals surface area contributed by atoms with Gasteiger partial charge < -0.3 is 5.73 Å². The molecular formula is C9H11BrClN. The fourth-order valence-electron chi connectivity index (χ4n) is 1.05. The van der Waals surface area contributed by atoms with Gasteiger partial charge in [-0.3, -0.25) is 0 Å². The van der Waals surface area contributed by atoms with Crippen LogP contribution in [-0.2, 0) is 6.42 Å². The Bertz CT molecular complexity index is 253. The monoisotopic (exact) mass is 247 g/mol. The van der Waals surface area contributed by atoms with Gasteiger partial charge in [0.05, 0.1) is 0 Å². The van der Waals surface area contributed by atoms with Crippen molar-refractivity contribution < 1.29 is 0 Å². The standard InChI is InChI=1S/C9H11BrClN/c1-6(12)5-7-8(10)3-2-4-9(7)11/h2-4,6H,5,12H2,1H3/t6-/m1/s1. The number of hydrogen-bond acceptors (Lipinski definition) is 1. The molecular weight excluding hydrogens is 237 g/mol. The number of halogens is 2. The van der Waals surface area contributed by atoms with E-state index in [1.807, 2.05) is 25.1 Å². The van der Waals surface area contributed by atoms with Gasteiger partial charge in [-0.15, -0.1) is 0 Å². The first-order valence-electron chi connectivity index (χ1n) is 3.79. The van der Waals surface area contributed by atoms with Crippen molar-refractivity contribution >= 4 is 27.5 Å². The van der Waals surface area contributed by atoms with E-state index in [0.29, 0.717) is 0 Å². The molecule has 0 unspecified atom stereocenters. The minimum Gasteiger partial charge on any atom is -0.328 e. The van der Waals surface area contributed by atoms with E-state index in [9.17, 15) is 0 Å². The molecule has 2 N–H and O–H groups in total. The summed E-state index contributed by atoms with van der Waals surface area (Å²) in [7, 11) is 0. The third-order valence-corrected chi connectivity index (χ3v) is 2.68. The summed E-state index contributed by atoms with van der Waals surface area (Å²) >= 11 is 9.42. The van der Waals surface area contributed by atoms with Crippen molar-refractivity contribution in [2.75, 3.05) is 0 Å². The van der Waals surface area contributed by atoms with E-state index in [1.165, 1.54) is 0 Å². The molecule has 0 aliphatic heterocycles. The fourth-order valence-corrected chi connectivity index (χ4v) is 1.94. The lowest BCUT2D eigenvalue weighted by molar-refractivity contribution is 0.736. The summed E-state index contributed by atoms with van der Waals surface area (Å²) in [4.78, 5) is 0.